The number of halogens is 3. The number of carbonyl (C=O) groups is 1. The van der Waals surface area contributed by atoms with Gasteiger partial charge in [-0.1, -0.05) is 65.7 Å². The van der Waals surface area contributed by atoms with Crippen molar-refractivity contribution in [1.29, 1.82) is 0 Å². The Morgan fingerprint density at radius 2 is 1.94 bits per heavy atom. The van der Waals surface area contributed by atoms with Crippen molar-refractivity contribution in [3.05, 3.63) is 36.4 Å². The SMILES string of the molecule is C=Cc1ccccc1OC(=O)OC(Cl)C(Cl)Cl. The molecule has 0 aromatic heterocycles. The maximum atomic E-state index is 11.3. The van der Waals surface area contributed by atoms with Crippen LogP contribution in [0.5, 0.6) is 5.75 Å². The van der Waals surface area contributed by atoms with Gasteiger partial charge < -0.3 is 9.47 Å². The lowest BCUT2D eigenvalue weighted by atomic mass is 10.2. The van der Waals surface area contributed by atoms with E-state index in [9.17, 15) is 4.79 Å². The smallest absolute Gasteiger partial charge is 0.411 e. The van der Waals surface area contributed by atoms with Gasteiger partial charge >= 0.3 is 6.16 Å². The number of hydrogen-bond acceptors (Lipinski definition) is 3. The molecule has 0 aliphatic carbocycles. The minimum atomic E-state index is -1.17. The van der Waals surface area contributed by atoms with Crippen LogP contribution < -0.4 is 4.74 Å². The van der Waals surface area contributed by atoms with Gasteiger partial charge in [0.05, 0.1) is 0 Å². The summed E-state index contributed by atoms with van der Waals surface area (Å²) in [5.41, 5.74) is -0.509. The lowest BCUT2D eigenvalue weighted by Crippen LogP contribution is -2.21. The van der Waals surface area contributed by atoms with E-state index in [1.807, 2.05) is 0 Å². The number of para-hydroxylation sites is 1. The van der Waals surface area contributed by atoms with Crippen molar-refractivity contribution in [2.75, 3.05) is 0 Å². The highest BCUT2D eigenvalue weighted by Crippen LogP contribution is 2.21. The molecule has 1 rings (SSSR count). The summed E-state index contributed by atoms with van der Waals surface area (Å²) in [5.74, 6) is 0.317. The molecule has 6 heteroatoms. The van der Waals surface area contributed by atoms with E-state index in [0.717, 1.165) is 0 Å². The van der Waals surface area contributed by atoms with Crippen molar-refractivity contribution in [2.24, 2.45) is 0 Å². The van der Waals surface area contributed by atoms with Gasteiger partial charge in [0.1, 0.15) is 5.75 Å². The van der Waals surface area contributed by atoms with Crippen molar-refractivity contribution >= 4 is 47.0 Å². The predicted octanol–water partition coefficient (Wildman–Crippen LogP) is 4.21. The molecule has 0 bridgehead atoms. The van der Waals surface area contributed by atoms with Crippen LogP contribution >= 0.6 is 34.8 Å². The Morgan fingerprint density at radius 3 is 2.53 bits per heavy atom. The average Bonchev–Trinajstić information content (AvgIpc) is 2.29. The fourth-order valence-electron chi connectivity index (χ4n) is 0.999. The molecule has 0 N–H and O–H groups in total. The zero-order valence-electron chi connectivity index (χ0n) is 8.61. The van der Waals surface area contributed by atoms with Gasteiger partial charge in [-0.15, -0.1) is 0 Å². The first kappa shape index (κ1) is 14.2. The van der Waals surface area contributed by atoms with Gasteiger partial charge in [0.2, 0.25) is 5.56 Å². The Hall–Kier alpha value is -0.900. The van der Waals surface area contributed by atoms with Crippen molar-refractivity contribution in [2.45, 2.75) is 10.4 Å². The normalized spacial score (nSPS) is 12.0. The number of carbonyl (C=O) groups excluding carboxylic acids is 1. The van der Waals surface area contributed by atoms with E-state index >= 15 is 0 Å². The lowest BCUT2D eigenvalue weighted by molar-refractivity contribution is 0.0907. The summed E-state index contributed by atoms with van der Waals surface area (Å²) in [7, 11) is 0. The molecule has 1 atom stereocenters. The maximum Gasteiger partial charge on any atom is 0.515 e. The van der Waals surface area contributed by atoms with E-state index in [0.29, 0.717) is 11.3 Å². The van der Waals surface area contributed by atoms with Crippen molar-refractivity contribution in [1.82, 2.24) is 0 Å². The monoisotopic (exact) mass is 294 g/mol. The minimum absolute atomic E-state index is 0.317. The Bertz CT molecular complexity index is 407. The first-order valence-electron chi connectivity index (χ1n) is 4.56. The van der Waals surface area contributed by atoms with Gasteiger partial charge in [-0.05, 0) is 6.07 Å². The summed E-state index contributed by atoms with van der Waals surface area (Å²) >= 11 is 16.4. The van der Waals surface area contributed by atoms with Crippen LogP contribution in [0.4, 0.5) is 4.79 Å². The summed E-state index contributed by atoms with van der Waals surface area (Å²) in [6.45, 7) is 3.59. The summed E-state index contributed by atoms with van der Waals surface area (Å²) in [4.78, 5) is 10.3. The summed E-state index contributed by atoms with van der Waals surface area (Å²) in [6, 6.07) is 6.83. The Labute approximate surface area is 114 Å². The Balaban J connectivity index is 2.65. The van der Waals surface area contributed by atoms with Crippen LogP contribution in [0.15, 0.2) is 30.8 Å². The summed E-state index contributed by atoms with van der Waals surface area (Å²) < 4.78 is 9.54. The second-order valence-electron chi connectivity index (χ2n) is 2.90. The fraction of sp³-hybridized carbons (Fsp3) is 0.182. The number of benzene rings is 1. The van der Waals surface area contributed by atoms with Gasteiger partial charge in [0.25, 0.3) is 0 Å². The van der Waals surface area contributed by atoms with Crippen LogP contribution in [-0.4, -0.2) is 16.6 Å². The first-order valence-corrected chi connectivity index (χ1v) is 5.87. The van der Waals surface area contributed by atoms with Crippen LogP contribution in [-0.2, 0) is 4.74 Å². The number of rotatable bonds is 4. The molecular weight excluding hydrogens is 286 g/mol. The molecule has 0 fully saturated rings. The maximum absolute atomic E-state index is 11.3. The molecule has 0 radical (unpaired) electrons. The van der Waals surface area contributed by atoms with Gasteiger partial charge in [-0.3, -0.25) is 0 Å². The number of ether oxygens (including phenoxy) is 2. The van der Waals surface area contributed by atoms with Gasteiger partial charge in [-0.25, -0.2) is 4.79 Å². The van der Waals surface area contributed by atoms with E-state index in [2.05, 4.69) is 11.3 Å². The van der Waals surface area contributed by atoms with Crippen LogP contribution in [0, 0.1) is 0 Å². The van der Waals surface area contributed by atoms with Crippen LogP contribution in [0.3, 0.4) is 0 Å². The molecule has 1 aromatic rings. The first-order chi connectivity index (χ1) is 8.04. The third kappa shape index (κ3) is 4.46. The molecule has 1 aromatic carbocycles. The zero-order chi connectivity index (χ0) is 12.8. The average molecular weight is 296 g/mol. The van der Waals surface area contributed by atoms with Crippen LogP contribution in [0.1, 0.15) is 5.56 Å². The quantitative estimate of drug-likeness (QED) is 0.474. The minimum Gasteiger partial charge on any atom is -0.411 e. The predicted molar refractivity (Wildman–Crippen MR) is 68.8 cm³/mol. The van der Waals surface area contributed by atoms with Gasteiger partial charge in [0.15, 0.2) is 4.84 Å². The van der Waals surface area contributed by atoms with E-state index in [4.69, 9.17) is 39.5 Å². The van der Waals surface area contributed by atoms with Gasteiger partial charge in [-0.2, -0.15) is 0 Å². The molecule has 0 saturated heterocycles. The molecule has 17 heavy (non-hydrogen) atoms. The summed E-state index contributed by atoms with van der Waals surface area (Å²) in [5, 5.41) is 0. The molecule has 1 unspecified atom stereocenters. The molecule has 0 saturated carbocycles. The number of hydrogen-bond donors (Lipinski definition) is 0. The van der Waals surface area contributed by atoms with Crippen LogP contribution in [0.25, 0.3) is 6.08 Å². The highest BCUT2D eigenvalue weighted by atomic mass is 35.5. The zero-order valence-corrected chi connectivity index (χ0v) is 10.9. The van der Waals surface area contributed by atoms with Crippen LogP contribution in [0.2, 0.25) is 0 Å². The largest absolute Gasteiger partial charge is 0.515 e. The van der Waals surface area contributed by atoms with E-state index in [1.165, 1.54) is 0 Å². The molecular formula is C11H9Cl3O3. The van der Waals surface area contributed by atoms with E-state index in [1.54, 1.807) is 30.3 Å². The molecule has 0 aliphatic rings. The molecule has 0 aliphatic heterocycles. The molecule has 0 amide bonds. The molecule has 3 nitrogen and oxygen atoms in total. The number of alkyl halides is 3. The molecule has 0 heterocycles. The Morgan fingerprint density at radius 1 is 1.29 bits per heavy atom. The van der Waals surface area contributed by atoms with E-state index < -0.39 is 16.6 Å². The molecule has 92 valence electrons. The molecule has 0 spiro atoms. The van der Waals surface area contributed by atoms with Crippen molar-refractivity contribution in [3.8, 4) is 5.75 Å². The lowest BCUT2D eigenvalue weighted by Gasteiger charge is -2.12. The topological polar surface area (TPSA) is 35.5 Å². The Kier molecular flexibility index (Phi) is 5.62. The standard InChI is InChI=1S/C11H9Cl3O3/c1-2-7-5-3-4-6-8(7)16-11(15)17-10(14)9(12)13/h2-6,9-10H,1H2. The summed E-state index contributed by atoms with van der Waals surface area (Å²) in [6.07, 6.45) is 0.567. The third-order valence-electron chi connectivity index (χ3n) is 1.74. The highest BCUT2D eigenvalue weighted by molar-refractivity contribution is 6.48. The second kappa shape index (κ2) is 6.74. The highest BCUT2D eigenvalue weighted by Gasteiger charge is 2.20. The van der Waals surface area contributed by atoms with Gasteiger partial charge in [0, 0.05) is 5.56 Å². The fourth-order valence-corrected chi connectivity index (χ4v) is 1.17. The van der Waals surface area contributed by atoms with E-state index in [-0.39, 0.29) is 0 Å². The van der Waals surface area contributed by atoms with Crippen molar-refractivity contribution < 1.29 is 14.3 Å². The second-order valence-corrected chi connectivity index (χ2v) is 4.49. The van der Waals surface area contributed by atoms with Crippen molar-refractivity contribution in [3.63, 3.8) is 0 Å². The third-order valence-corrected chi connectivity index (χ3v) is 2.80.